The van der Waals surface area contributed by atoms with E-state index in [4.69, 9.17) is 9.47 Å². The second-order valence-electron chi connectivity index (χ2n) is 5.12. The van der Waals surface area contributed by atoms with Crippen LogP contribution in [0.15, 0.2) is 48.5 Å². The zero-order chi connectivity index (χ0) is 15.5. The minimum Gasteiger partial charge on any atom is -0.485 e. The van der Waals surface area contributed by atoms with E-state index in [1.54, 1.807) is 37.3 Å². The molecule has 2 atom stereocenters. The van der Waals surface area contributed by atoms with Crippen LogP contribution in [0.4, 0.5) is 4.39 Å². The third-order valence-corrected chi connectivity index (χ3v) is 3.53. The Hall–Kier alpha value is -2.56. The van der Waals surface area contributed by atoms with Gasteiger partial charge in [-0.25, -0.2) is 4.39 Å². The summed E-state index contributed by atoms with van der Waals surface area (Å²) < 4.78 is 24.9. The summed E-state index contributed by atoms with van der Waals surface area (Å²) in [5.74, 6) is 0.480. The molecule has 0 fully saturated rings. The first-order valence-electron chi connectivity index (χ1n) is 7.08. The molecule has 4 nitrogen and oxygen atoms in total. The fraction of sp³-hybridized carbons (Fsp3) is 0.235. The molecule has 0 radical (unpaired) electrons. The maximum atomic E-state index is 13.7. The first kappa shape index (κ1) is 14.4. The van der Waals surface area contributed by atoms with Gasteiger partial charge in [-0.15, -0.1) is 0 Å². The number of fused-ring (bicyclic) bond motifs is 1. The van der Waals surface area contributed by atoms with Crippen LogP contribution in [0.3, 0.4) is 0 Å². The van der Waals surface area contributed by atoms with Gasteiger partial charge in [-0.1, -0.05) is 30.3 Å². The van der Waals surface area contributed by atoms with E-state index in [2.05, 4.69) is 5.32 Å². The van der Waals surface area contributed by atoms with Crippen LogP contribution in [-0.2, 0) is 4.79 Å². The molecular formula is C17H16FNO3. The van der Waals surface area contributed by atoms with Crippen LogP contribution in [0.2, 0.25) is 0 Å². The zero-order valence-electron chi connectivity index (χ0n) is 12.1. The van der Waals surface area contributed by atoms with Gasteiger partial charge in [-0.3, -0.25) is 4.79 Å². The van der Waals surface area contributed by atoms with Crippen molar-refractivity contribution >= 4 is 5.91 Å². The molecule has 0 spiro atoms. The smallest absolute Gasteiger partial charge is 0.265 e. The number of carbonyl (C=O) groups excluding carboxylic acids is 1. The normalized spacial score (nSPS) is 17.6. The van der Waals surface area contributed by atoms with Crippen LogP contribution in [-0.4, -0.2) is 18.6 Å². The number of ether oxygens (including phenoxy) is 2. The van der Waals surface area contributed by atoms with Gasteiger partial charge in [0.2, 0.25) is 6.10 Å². The second-order valence-corrected chi connectivity index (χ2v) is 5.12. The van der Waals surface area contributed by atoms with Crippen molar-refractivity contribution in [3.63, 3.8) is 0 Å². The number of rotatable bonds is 3. The lowest BCUT2D eigenvalue weighted by Crippen LogP contribution is -2.44. The first-order valence-corrected chi connectivity index (χ1v) is 7.08. The summed E-state index contributed by atoms with van der Waals surface area (Å²) in [6.45, 7) is 1.86. The van der Waals surface area contributed by atoms with Gasteiger partial charge in [0.15, 0.2) is 11.5 Å². The fourth-order valence-corrected chi connectivity index (χ4v) is 2.36. The Bertz CT molecular complexity index is 689. The maximum absolute atomic E-state index is 13.7. The molecule has 3 rings (SSSR count). The summed E-state index contributed by atoms with van der Waals surface area (Å²) in [6, 6.07) is 13.1. The Morgan fingerprint density at radius 1 is 1.18 bits per heavy atom. The predicted molar refractivity (Wildman–Crippen MR) is 79.3 cm³/mol. The van der Waals surface area contributed by atoms with Gasteiger partial charge in [-0.05, 0) is 25.1 Å². The average molecular weight is 301 g/mol. The maximum Gasteiger partial charge on any atom is 0.265 e. The molecule has 0 saturated heterocycles. The zero-order valence-corrected chi connectivity index (χ0v) is 12.1. The van der Waals surface area contributed by atoms with E-state index in [1.807, 2.05) is 12.1 Å². The summed E-state index contributed by atoms with van der Waals surface area (Å²) in [7, 11) is 0. The standard InChI is InChI=1S/C17H16FNO3/c1-11(12-6-2-3-7-13(12)18)19-17(20)16-10-21-14-8-4-5-9-15(14)22-16/h2-9,11,16H,10H2,1H3,(H,19,20)/t11-,16+/m1/s1. The largest absolute Gasteiger partial charge is 0.485 e. The van der Waals surface area contributed by atoms with Crippen LogP contribution >= 0.6 is 0 Å². The third-order valence-electron chi connectivity index (χ3n) is 3.53. The summed E-state index contributed by atoms with van der Waals surface area (Å²) >= 11 is 0. The molecule has 1 amide bonds. The van der Waals surface area contributed by atoms with Crippen molar-refractivity contribution < 1.29 is 18.7 Å². The van der Waals surface area contributed by atoms with Crippen molar-refractivity contribution in [2.75, 3.05) is 6.61 Å². The van der Waals surface area contributed by atoms with Crippen molar-refractivity contribution in [2.24, 2.45) is 0 Å². The van der Waals surface area contributed by atoms with Gasteiger partial charge in [0.25, 0.3) is 5.91 Å². The Kier molecular flexibility index (Phi) is 3.96. The number of nitrogens with one attached hydrogen (secondary N) is 1. The number of halogens is 1. The number of hydrogen-bond donors (Lipinski definition) is 1. The van der Waals surface area contributed by atoms with E-state index in [-0.39, 0.29) is 18.3 Å². The van der Waals surface area contributed by atoms with Crippen molar-refractivity contribution in [3.8, 4) is 11.5 Å². The molecule has 22 heavy (non-hydrogen) atoms. The van der Waals surface area contributed by atoms with E-state index in [1.165, 1.54) is 6.07 Å². The molecule has 0 unspecified atom stereocenters. The minimum absolute atomic E-state index is 0.132. The SMILES string of the molecule is C[C@@H](NC(=O)[C@@H]1COc2ccccc2O1)c1ccccc1F. The highest BCUT2D eigenvalue weighted by atomic mass is 19.1. The average Bonchev–Trinajstić information content (AvgIpc) is 2.54. The van der Waals surface area contributed by atoms with Crippen LogP contribution in [0.1, 0.15) is 18.5 Å². The van der Waals surface area contributed by atoms with Crippen molar-refractivity contribution in [2.45, 2.75) is 19.1 Å². The van der Waals surface area contributed by atoms with Crippen molar-refractivity contribution in [1.82, 2.24) is 5.32 Å². The summed E-state index contributed by atoms with van der Waals surface area (Å²) in [4.78, 5) is 12.3. The minimum atomic E-state index is -0.746. The van der Waals surface area contributed by atoms with Gasteiger partial charge in [-0.2, -0.15) is 0 Å². The molecule has 5 heteroatoms. The number of hydrogen-bond acceptors (Lipinski definition) is 3. The Balaban J connectivity index is 1.67. The molecular weight excluding hydrogens is 285 g/mol. The van der Waals surface area contributed by atoms with Crippen LogP contribution in [0.5, 0.6) is 11.5 Å². The van der Waals surface area contributed by atoms with E-state index >= 15 is 0 Å². The van der Waals surface area contributed by atoms with Gasteiger partial charge < -0.3 is 14.8 Å². The van der Waals surface area contributed by atoms with Crippen LogP contribution in [0.25, 0.3) is 0 Å². The fourth-order valence-electron chi connectivity index (χ4n) is 2.36. The molecule has 1 N–H and O–H groups in total. The van der Waals surface area contributed by atoms with Crippen molar-refractivity contribution in [1.29, 1.82) is 0 Å². The van der Waals surface area contributed by atoms with Gasteiger partial charge >= 0.3 is 0 Å². The van der Waals surface area contributed by atoms with Gasteiger partial charge in [0, 0.05) is 5.56 Å². The Morgan fingerprint density at radius 3 is 2.64 bits per heavy atom. The first-order chi connectivity index (χ1) is 10.6. The summed E-state index contributed by atoms with van der Waals surface area (Å²) in [5, 5.41) is 2.75. The molecule has 2 aromatic carbocycles. The van der Waals surface area contributed by atoms with Crippen LogP contribution < -0.4 is 14.8 Å². The Labute approximate surface area is 127 Å². The predicted octanol–water partition coefficient (Wildman–Crippen LogP) is 2.84. The van der Waals surface area contributed by atoms with Crippen LogP contribution in [0, 0.1) is 5.82 Å². The third kappa shape index (κ3) is 2.88. The number of amides is 1. The highest BCUT2D eigenvalue weighted by molar-refractivity contribution is 5.82. The summed E-state index contributed by atoms with van der Waals surface area (Å²) in [6.07, 6.45) is -0.746. The molecule has 0 saturated carbocycles. The Morgan fingerprint density at radius 2 is 1.86 bits per heavy atom. The topological polar surface area (TPSA) is 47.6 Å². The van der Waals surface area contributed by atoms with E-state index in [9.17, 15) is 9.18 Å². The second kappa shape index (κ2) is 6.05. The lowest BCUT2D eigenvalue weighted by Gasteiger charge is -2.26. The van der Waals surface area contributed by atoms with E-state index in [0.717, 1.165) is 0 Å². The molecule has 1 aliphatic heterocycles. The molecule has 2 aromatic rings. The van der Waals surface area contributed by atoms with Crippen molar-refractivity contribution in [3.05, 3.63) is 59.9 Å². The van der Waals surface area contributed by atoms with E-state index in [0.29, 0.717) is 17.1 Å². The summed E-state index contributed by atoms with van der Waals surface area (Å²) in [5.41, 5.74) is 0.438. The lowest BCUT2D eigenvalue weighted by molar-refractivity contribution is -0.131. The number of carbonyl (C=O) groups is 1. The molecule has 0 bridgehead atoms. The monoisotopic (exact) mass is 301 g/mol. The highest BCUT2D eigenvalue weighted by Crippen LogP contribution is 2.31. The highest BCUT2D eigenvalue weighted by Gasteiger charge is 2.28. The molecule has 1 heterocycles. The number of para-hydroxylation sites is 2. The molecule has 0 aromatic heterocycles. The molecule has 1 aliphatic rings. The quantitative estimate of drug-likeness (QED) is 0.948. The number of benzene rings is 2. The molecule has 0 aliphatic carbocycles. The van der Waals surface area contributed by atoms with Gasteiger partial charge in [0.05, 0.1) is 6.04 Å². The van der Waals surface area contributed by atoms with E-state index < -0.39 is 12.1 Å². The van der Waals surface area contributed by atoms with Gasteiger partial charge in [0.1, 0.15) is 12.4 Å². The molecule has 114 valence electrons. The lowest BCUT2D eigenvalue weighted by atomic mass is 10.1.